The Balaban J connectivity index is 1.17. The van der Waals surface area contributed by atoms with Crippen LogP contribution in [0.3, 0.4) is 0 Å². The third-order valence-corrected chi connectivity index (χ3v) is 10.9. The van der Waals surface area contributed by atoms with Crippen LogP contribution >= 0.6 is 0 Å². The van der Waals surface area contributed by atoms with Gasteiger partial charge in [-0.15, -0.1) is 0 Å². The first-order valence-electron chi connectivity index (χ1n) is 18.5. The highest BCUT2D eigenvalue weighted by Gasteiger charge is 2.49. The van der Waals surface area contributed by atoms with E-state index in [1.54, 1.807) is 25.4 Å². The average Bonchev–Trinajstić information content (AvgIpc) is 3.87. The van der Waals surface area contributed by atoms with Gasteiger partial charge in [-0.25, -0.2) is 9.97 Å². The molecule has 13 heteroatoms. The number of anilines is 1. The molecule has 7 rings (SSSR count). The van der Waals surface area contributed by atoms with E-state index in [2.05, 4.69) is 9.88 Å². The van der Waals surface area contributed by atoms with Crippen LogP contribution in [0.25, 0.3) is 11.3 Å². The van der Waals surface area contributed by atoms with Crippen molar-refractivity contribution in [3.8, 4) is 22.9 Å². The maximum atomic E-state index is 14.6. The van der Waals surface area contributed by atoms with E-state index in [1.807, 2.05) is 41.0 Å². The molecule has 1 aliphatic carbocycles. The predicted octanol–water partition coefficient (Wildman–Crippen LogP) is 6.08. The number of pyridine rings is 2. The molecule has 10 nitrogen and oxygen atoms in total. The smallest absolute Gasteiger partial charge is 0.421 e. The first-order chi connectivity index (χ1) is 25.2. The molecule has 2 saturated heterocycles. The number of piperidine rings is 1. The van der Waals surface area contributed by atoms with E-state index >= 15 is 0 Å². The molecule has 2 aromatic heterocycles. The summed E-state index contributed by atoms with van der Waals surface area (Å²) in [6, 6.07) is 12.2. The molecular formula is C39H48F3N5O5. The number of aromatic nitrogens is 2. The fraction of sp³-hybridized carbons (Fsp3) is 0.564. The monoisotopic (exact) mass is 723 g/mol. The fourth-order valence-electron chi connectivity index (χ4n) is 7.94. The van der Waals surface area contributed by atoms with Crippen LogP contribution in [0.4, 0.5) is 18.9 Å². The van der Waals surface area contributed by atoms with E-state index in [9.17, 15) is 18.0 Å². The lowest BCUT2D eigenvalue weighted by Crippen LogP contribution is -2.57. The Hall–Kier alpha value is -3.94. The van der Waals surface area contributed by atoms with Crippen LogP contribution < -0.4 is 14.4 Å². The minimum atomic E-state index is -4.57. The third kappa shape index (κ3) is 7.72. The van der Waals surface area contributed by atoms with Crippen LogP contribution in [-0.4, -0.2) is 111 Å². The first-order valence-corrected chi connectivity index (χ1v) is 18.5. The molecule has 1 spiro atoms. The van der Waals surface area contributed by atoms with Crippen molar-refractivity contribution in [1.82, 2.24) is 19.8 Å². The number of alkyl halides is 3. The van der Waals surface area contributed by atoms with Gasteiger partial charge in [0.1, 0.15) is 17.0 Å². The highest BCUT2D eigenvalue weighted by Crippen LogP contribution is 2.48. The maximum Gasteiger partial charge on any atom is 0.421 e. The molecule has 4 aliphatic rings. The number of rotatable bonds is 14. The van der Waals surface area contributed by atoms with Crippen molar-refractivity contribution >= 4 is 11.6 Å². The minimum Gasteiger partial charge on any atom is -0.493 e. The normalized spacial score (nSPS) is 20.4. The number of carbonyl (C=O) groups is 1. The molecule has 0 radical (unpaired) electrons. The molecule has 1 atom stereocenters. The van der Waals surface area contributed by atoms with Gasteiger partial charge in [-0.05, 0) is 80.8 Å². The van der Waals surface area contributed by atoms with Gasteiger partial charge in [0.15, 0.2) is 0 Å². The number of likely N-dealkylation sites (tertiary alicyclic amines) is 1. The molecule has 1 unspecified atom stereocenters. The molecule has 5 heterocycles. The number of carbonyl (C=O) groups excluding carboxylic acids is 1. The fourth-order valence-corrected chi connectivity index (χ4v) is 7.94. The van der Waals surface area contributed by atoms with E-state index in [0.717, 1.165) is 44.5 Å². The van der Waals surface area contributed by atoms with Crippen LogP contribution in [-0.2, 0) is 21.1 Å². The summed E-state index contributed by atoms with van der Waals surface area (Å²) >= 11 is 0. The van der Waals surface area contributed by atoms with Crippen molar-refractivity contribution in [2.75, 3.05) is 84.3 Å². The number of benzene rings is 1. The highest BCUT2D eigenvalue weighted by atomic mass is 19.4. The third-order valence-electron chi connectivity index (χ3n) is 10.9. The van der Waals surface area contributed by atoms with Gasteiger partial charge >= 0.3 is 6.18 Å². The Morgan fingerprint density at radius 2 is 1.79 bits per heavy atom. The first kappa shape index (κ1) is 36.4. The van der Waals surface area contributed by atoms with Crippen molar-refractivity contribution in [1.29, 1.82) is 0 Å². The number of amides is 1. The Morgan fingerprint density at radius 3 is 2.54 bits per heavy atom. The van der Waals surface area contributed by atoms with Crippen LogP contribution in [0, 0.1) is 5.92 Å². The molecule has 0 bridgehead atoms. The van der Waals surface area contributed by atoms with Crippen molar-refractivity contribution < 1.29 is 36.9 Å². The second kappa shape index (κ2) is 15.6. The van der Waals surface area contributed by atoms with Crippen LogP contribution in [0.15, 0.2) is 48.7 Å². The SMILES string of the molecule is CCOc1ncccc1-c1ccc2c(n1)C(=O)N(C1CCN(CCOCCOC)C1)CC21CCN(c2cccc(OCC3CC3)c2C(F)(F)F)CC1. The summed E-state index contributed by atoms with van der Waals surface area (Å²) in [4.78, 5) is 30.0. The number of nitrogens with zero attached hydrogens (tertiary/aromatic N) is 5. The summed E-state index contributed by atoms with van der Waals surface area (Å²) in [5.41, 5.74) is 1.51. The van der Waals surface area contributed by atoms with Crippen LogP contribution in [0.5, 0.6) is 11.6 Å². The van der Waals surface area contributed by atoms with Gasteiger partial charge in [-0.2, -0.15) is 13.2 Å². The molecule has 0 N–H and O–H groups in total. The molecule has 1 saturated carbocycles. The Labute approximate surface area is 303 Å². The molecule has 3 aromatic rings. The van der Waals surface area contributed by atoms with Gasteiger partial charge < -0.3 is 28.7 Å². The zero-order chi connectivity index (χ0) is 36.3. The maximum absolute atomic E-state index is 14.6. The summed E-state index contributed by atoms with van der Waals surface area (Å²) in [5, 5.41) is 0. The number of hydrogen-bond donors (Lipinski definition) is 0. The Bertz CT molecular complexity index is 1710. The van der Waals surface area contributed by atoms with E-state index in [1.165, 1.54) is 6.07 Å². The van der Waals surface area contributed by atoms with Gasteiger partial charge in [-0.3, -0.25) is 9.69 Å². The highest BCUT2D eigenvalue weighted by molar-refractivity contribution is 5.96. The largest absolute Gasteiger partial charge is 0.493 e. The van der Waals surface area contributed by atoms with E-state index < -0.39 is 17.2 Å². The second-order valence-corrected chi connectivity index (χ2v) is 14.3. The quantitative estimate of drug-likeness (QED) is 0.184. The van der Waals surface area contributed by atoms with E-state index in [0.29, 0.717) is 94.3 Å². The van der Waals surface area contributed by atoms with Gasteiger partial charge in [0.25, 0.3) is 5.91 Å². The van der Waals surface area contributed by atoms with Crippen LogP contribution in [0.1, 0.15) is 60.6 Å². The van der Waals surface area contributed by atoms with Gasteiger partial charge in [0, 0.05) is 64.0 Å². The zero-order valence-corrected chi connectivity index (χ0v) is 30.0. The summed E-state index contributed by atoms with van der Waals surface area (Å²) < 4.78 is 66.3. The van der Waals surface area contributed by atoms with Crippen LogP contribution in [0.2, 0.25) is 0 Å². The lowest BCUT2D eigenvalue weighted by Gasteiger charge is -2.50. The summed E-state index contributed by atoms with van der Waals surface area (Å²) in [7, 11) is 1.65. The molecule has 1 amide bonds. The number of ether oxygens (including phenoxy) is 4. The van der Waals surface area contributed by atoms with Gasteiger partial charge in [0.2, 0.25) is 5.88 Å². The second-order valence-electron chi connectivity index (χ2n) is 14.3. The van der Waals surface area contributed by atoms with Crippen molar-refractivity contribution in [2.24, 2.45) is 5.92 Å². The molecule has 52 heavy (non-hydrogen) atoms. The lowest BCUT2D eigenvalue weighted by molar-refractivity contribution is -0.138. The number of fused-ring (bicyclic) bond motifs is 2. The standard InChI is InChI=1S/C39H48F3N5O5/c1-3-51-36-29(6-5-16-43-36)31-12-11-30-35(44-31)37(48)47(28-13-17-45(24-28)20-21-50-23-22-49-2)26-38(30)14-18-46(19-15-38)32-7-4-8-33(34(32)39(40,41)42)52-25-27-9-10-27/h4-8,11-12,16,27-28H,3,9-10,13-15,17-26H2,1-2H3. The number of hydrogen-bond acceptors (Lipinski definition) is 9. The molecular weight excluding hydrogens is 675 g/mol. The molecule has 3 aliphatic heterocycles. The lowest BCUT2D eigenvalue weighted by atomic mass is 9.69. The van der Waals surface area contributed by atoms with Gasteiger partial charge in [-0.1, -0.05) is 12.1 Å². The zero-order valence-electron chi connectivity index (χ0n) is 30.0. The number of halogens is 3. The topological polar surface area (TPSA) is 89.5 Å². The Morgan fingerprint density at radius 1 is 0.962 bits per heavy atom. The molecule has 280 valence electrons. The van der Waals surface area contributed by atoms with Gasteiger partial charge in [0.05, 0.1) is 50.0 Å². The summed E-state index contributed by atoms with van der Waals surface area (Å²) in [6.45, 7) is 7.88. The Kier molecular flexibility index (Phi) is 10.9. The van der Waals surface area contributed by atoms with Crippen molar-refractivity contribution in [3.63, 3.8) is 0 Å². The minimum absolute atomic E-state index is 0.0190. The van der Waals surface area contributed by atoms with E-state index in [-0.39, 0.29) is 23.4 Å². The van der Waals surface area contributed by atoms with Crippen molar-refractivity contribution in [2.45, 2.75) is 56.7 Å². The predicted molar refractivity (Wildman–Crippen MR) is 190 cm³/mol. The van der Waals surface area contributed by atoms with E-state index in [4.69, 9.17) is 23.9 Å². The average molecular weight is 724 g/mol. The summed E-state index contributed by atoms with van der Waals surface area (Å²) in [5.74, 6) is 0.555. The molecule has 3 fully saturated rings. The van der Waals surface area contributed by atoms with Crippen molar-refractivity contribution in [3.05, 3.63) is 65.5 Å². The molecule has 1 aromatic carbocycles. The number of methoxy groups -OCH3 is 1. The summed E-state index contributed by atoms with van der Waals surface area (Å²) in [6.07, 6.45) is 1.03.